The fourth-order valence-corrected chi connectivity index (χ4v) is 2.39. The van der Waals surface area contributed by atoms with E-state index in [1.54, 1.807) is 12.4 Å². The van der Waals surface area contributed by atoms with Crippen molar-refractivity contribution in [1.82, 2.24) is 19.4 Å². The molecule has 5 nitrogen and oxygen atoms in total. The maximum atomic E-state index is 6.07. The summed E-state index contributed by atoms with van der Waals surface area (Å²) in [6.07, 6.45) is 7.16. The number of fused-ring (bicyclic) bond motifs is 1. The van der Waals surface area contributed by atoms with Gasteiger partial charge in [-0.25, -0.2) is 15.0 Å². The molecule has 0 saturated heterocycles. The topological polar surface area (TPSA) is 55.1 Å². The van der Waals surface area contributed by atoms with Crippen molar-refractivity contribution in [3.8, 4) is 0 Å². The fraction of sp³-hybridized carbons (Fsp3) is 0.154. The molecule has 0 unspecified atom stereocenters. The summed E-state index contributed by atoms with van der Waals surface area (Å²) in [7, 11) is 0. The summed E-state index contributed by atoms with van der Waals surface area (Å²) < 4.78 is 2.74. The lowest BCUT2D eigenvalue weighted by Gasteiger charge is -2.08. The summed E-state index contributed by atoms with van der Waals surface area (Å²) >= 11 is 9.42. The van der Waals surface area contributed by atoms with E-state index in [4.69, 9.17) is 11.6 Å². The molecule has 0 radical (unpaired) electrons. The number of hydrogen-bond donors (Lipinski definition) is 1. The van der Waals surface area contributed by atoms with E-state index in [0.717, 1.165) is 27.2 Å². The maximum Gasteiger partial charge on any atom is 0.155 e. The second-order valence-corrected chi connectivity index (χ2v) is 5.56. The highest BCUT2D eigenvalue weighted by atomic mass is 79.9. The van der Waals surface area contributed by atoms with Gasteiger partial charge >= 0.3 is 0 Å². The summed E-state index contributed by atoms with van der Waals surface area (Å²) in [5.74, 6) is 0. The fourth-order valence-electron chi connectivity index (χ4n) is 1.91. The van der Waals surface area contributed by atoms with E-state index in [2.05, 4.69) is 36.2 Å². The van der Waals surface area contributed by atoms with Gasteiger partial charge in [-0.1, -0.05) is 11.6 Å². The predicted molar refractivity (Wildman–Crippen MR) is 82.0 cm³/mol. The number of imidazole rings is 1. The monoisotopic (exact) mass is 351 g/mol. The first kappa shape index (κ1) is 13.3. The molecular formula is C13H11BrClN5. The van der Waals surface area contributed by atoms with Crippen LogP contribution < -0.4 is 5.32 Å². The Kier molecular flexibility index (Phi) is 3.58. The van der Waals surface area contributed by atoms with E-state index in [9.17, 15) is 0 Å². The molecule has 102 valence electrons. The van der Waals surface area contributed by atoms with Gasteiger partial charge in [0.2, 0.25) is 0 Å². The maximum absolute atomic E-state index is 6.07. The summed E-state index contributed by atoms with van der Waals surface area (Å²) in [4.78, 5) is 12.6. The van der Waals surface area contributed by atoms with Crippen LogP contribution in [-0.2, 0) is 6.54 Å². The van der Waals surface area contributed by atoms with E-state index >= 15 is 0 Å². The lowest BCUT2D eigenvalue weighted by Crippen LogP contribution is -2.04. The van der Waals surface area contributed by atoms with Gasteiger partial charge in [-0.05, 0) is 34.5 Å². The van der Waals surface area contributed by atoms with Gasteiger partial charge in [0.05, 0.1) is 30.3 Å². The van der Waals surface area contributed by atoms with Gasteiger partial charge in [0.1, 0.15) is 4.60 Å². The van der Waals surface area contributed by atoms with Crippen molar-refractivity contribution in [2.24, 2.45) is 0 Å². The number of aromatic nitrogens is 4. The average molecular weight is 353 g/mol. The molecule has 0 saturated carbocycles. The third kappa shape index (κ3) is 2.62. The highest BCUT2D eigenvalue weighted by Gasteiger charge is 2.06. The zero-order valence-corrected chi connectivity index (χ0v) is 13.0. The molecule has 0 bridgehead atoms. The summed E-state index contributed by atoms with van der Waals surface area (Å²) in [5, 5.41) is 3.74. The first-order valence-corrected chi connectivity index (χ1v) is 7.14. The van der Waals surface area contributed by atoms with Crippen molar-refractivity contribution >= 4 is 38.9 Å². The van der Waals surface area contributed by atoms with Crippen LogP contribution in [-0.4, -0.2) is 19.4 Å². The molecule has 0 atom stereocenters. The molecule has 0 aliphatic rings. The highest BCUT2D eigenvalue weighted by Crippen LogP contribution is 2.21. The van der Waals surface area contributed by atoms with Gasteiger partial charge in [0.15, 0.2) is 10.8 Å². The predicted octanol–water partition coefficient (Wildman–Crippen LogP) is 3.46. The quantitative estimate of drug-likeness (QED) is 0.733. The molecule has 3 aromatic rings. The third-order valence-electron chi connectivity index (χ3n) is 2.88. The van der Waals surface area contributed by atoms with Crippen molar-refractivity contribution in [2.45, 2.75) is 13.5 Å². The summed E-state index contributed by atoms with van der Waals surface area (Å²) in [5.41, 5.74) is 3.69. The molecule has 0 fully saturated rings. The number of nitrogens with zero attached hydrogens (tertiary/aromatic N) is 4. The minimum Gasteiger partial charge on any atom is -0.377 e. The van der Waals surface area contributed by atoms with Crippen molar-refractivity contribution < 1.29 is 0 Å². The Hall–Kier alpha value is -1.66. The Morgan fingerprint density at radius 1 is 1.25 bits per heavy atom. The Labute approximate surface area is 129 Å². The Balaban J connectivity index is 1.86. The van der Waals surface area contributed by atoms with Crippen molar-refractivity contribution in [3.63, 3.8) is 0 Å². The lowest BCUT2D eigenvalue weighted by molar-refractivity contribution is 0.981. The zero-order valence-electron chi connectivity index (χ0n) is 10.6. The average Bonchev–Trinajstić information content (AvgIpc) is 2.82. The first-order valence-electron chi connectivity index (χ1n) is 5.97. The van der Waals surface area contributed by atoms with Crippen molar-refractivity contribution in [3.05, 3.63) is 51.9 Å². The SMILES string of the molecule is Cc1cnc(Cl)c(NCc2cnc3cnc(Br)cn23)c1. The largest absolute Gasteiger partial charge is 0.377 e. The minimum absolute atomic E-state index is 0.465. The Morgan fingerprint density at radius 2 is 2.10 bits per heavy atom. The molecule has 7 heteroatoms. The van der Waals surface area contributed by atoms with Crippen LogP contribution in [0.2, 0.25) is 5.15 Å². The van der Waals surface area contributed by atoms with Gasteiger partial charge in [0, 0.05) is 12.4 Å². The third-order valence-corrected chi connectivity index (χ3v) is 3.59. The molecule has 0 aromatic carbocycles. The number of pyridine rings is 1. The Morgan fingerprint density at radius 3 is 2.95 bits per heavy atom. The number of rotatable bonds is 3. The van der Waals surface area contributed by atoms with Gasteiger partial charge in [-0.3, -0.25) is 4.40 Å². The van der Waals surface area contributed by atoms with Crippen molar-refractivity contribution in [2.75, 3.05) is 5.32 Å². The Bertz CT molecular complexity index is 771. The molecule has 0 aliphatic heterocycles. The van der Waals surface area contributed by atoms with E-state index < -0.39 is 0 Å². The van der Waals surface area contributed by atoms with Crippen LogP contribution in [0.4, 0.5) is 5.69 Å². The van der Waals surface area contributed by atoms with Crippen molar-refractivity contribution in [1.29, 1.82) is 0 Å². The highest BCUT2D eigenvalue weighted by molar-refractivity contribution is 9.10. The van der Waals surface area contributed by atoms with Crippen LogP contribution in [0.25, 0.3) is 5.65 Å². The number of hydrogen-bond acceptors (Lipinski definition) is 4. The number of halogens is 2. The molecule has 3 rings (SSSR count). The molecule has 1 N–H and O–H groups in total. The van der Waals surface area contributed by atoms with Crippen LogP contribution in [0.15, 0.2) is 35.5 Å². The first-order chi connectivity index (χ1) is 9.63. The number of anilines is 1. The normalized spacial score (nSPS) is 10.9. The van der Waals surface area contributed by atoms with E-state index in [1.165, 1.54) is 0 Å². The number of aryl methyl sites for hydroxylation is 1. The van der Waals surface area contributed by atoms with E-state index in [0.29, 0.717) is 11.7 Å². The van der Waals surface area contributed by atoms with Gasteiger partial charge in [-0.15, -0.1) is 0 Å². The summed E-state index contributed by atoms with van der Waals surface area (Å²) in [6, 6.07) is 1.97. The second-order valence-electron chi connectivity index (χ2n) is 4.39. The zero-order chi connectivity index (χ0) is 14.1. The van der Waals surface area contributed by atoms with Crippen LogP contribution in [0, 0.1) is 6.92 Å². The smallest absolute Gasteiger partial charge is 0.155 e. The van der Waals surface area contributed by atoms with Gasteiger partial charge in [-0.2, -0.15) is 0 Å². The molecule has 3 aromatic heterocycles. The van der Waals surface area contributed by atoms with Crippen LogP contribution in [0.5, 0.6) is 0 Å². The molecular weight excluding hydrogens is 342 g/mol. The molecule has 0 aliphatic carbocycles. The molecule has 0 amide bonds. The number of nitrogens with one attached hydrogen (secondary N) is 1. The van der Waals surface area contributed by atoms with Gasteiger partial charge in [0.25, 0.3) is 0 Å². The second kappa shape index (κ2) is 5.38. The van der Waals surface area contributed by atoms with Crippen LogP contribution in [0.3, 0.4) is 0 Å². The molecule has 3 heterocycles. The van der Waals surface area contributed by atoms with Gasteiger partial charge < -0.3 is 5.32 Å². The van der Waals surface area contributed by atoms with E-state index in [1.807, 2.05) is 29.8 Å². The minimum atomic E-state index is 0.465. The summed E-state index contributed by atoms with van der Waals surface area (Å²) in [6.45, 7) is 2.58. The van der Waals surface area contributed by atoms with E-state index in [-0.39, 0.29) is 0 Å². The van der Waals surface area contributed by atoms with Crippen LogP contribution >= 0.6 is 27.5 Å². The molecule has 0 spiro atoms. The molecule has 20 heavy (non-hydrogen) atoms. The standard InChI is InChI=1S/C13H11BrClN5/c1-8-2-10(13(15)19-3-8)16-4-9-5-18-12-6-17-11(14)7-20(9)12/h2-3,5-7,16H,4H2,1H3. The van der Waals surface area contributed by atoms with Crippen LogP contribution in [0.1, 0.15) is 11.3 Å². The lowest BCUT2D eigenvalue weighted by atomic mass is 10.3.